The number of nitriles is 1. The Hall–Kier alpha value is -2.50. The van der Waals surface area contributed by atoms with Crippen molar-refractivity contribution in [2.45, 2.75) is 38.5 Å². The lowest BCUT2D eigenvalue weighted by molar-refractivity contribution is -0.143. The smallest absolute Gasteiger partial charge is 0.306 e. The highest BCUT2D eigenvalue weighted by Crippen LogP contribution is 2.37. The first kappa shape index (κ1) is 21.2. The molecule has 0 aliphatic heterocycles. The summed E-state index contributed by atoms with van der Waals surface area (Å²) in [6.45, 7) is -0.363. The first-order valence-electron chi connectivity index (χ1n) is 9.27. The summed E-state index contributed by atoms with van der Waals surface area (Å²) in [5.41, 5.74) is 2.04. The largest absolute Gasteiger partial charge is 0.457 e. The summed E-state index contributed by atoms with van der Waals surface area (Å²) < 4.78 is 5.82. The predicted octanol–water partition coefficient (Wildman–Crippen LogP) is 4.41. The van der Waals surface area contributed by atoms with Crippen molar-refractivity contribution in [1.29, 1.82) is 5.26 Å². The Labute approximate surface area is 181 Å². The van der Waals surface area contributed by atoms with E-state index in [0.717, 1.165) is 40.6 Å². The number of thiophene rings is 1. The van der Waals surface area contributed by atoms with Crippen LogP contribution in [0.25, 0.3) is 0 Å². The molecule has 29 heavy (non-hydrogen) atoms. The van der Waals surface area contributed by atoms with Crippen LogP contribution in [0.5, 0.6) is 0 Å². The second kappa shape index (κ2) is 9.81. The van der Waals surface area contributed by atoms with Crippen LogP contribution in [-0.4, -0.2) is 24.3 Å². The number of nitrogens with one attached hydrogen (secondary N) is 1. The van der Waals surface area contributed by atoms with Crippen LogP contribution in [0.2, 0.25) is 0 Å². The summed E-state index contributed by atoms with van der Waals surface area (Å²) in [4.78, 5) is 37.2. The predicted molar refractivity (Wildman–Crippen MR) is 113 cm³/mol. The fourth-order valence-corrected chi connectivity index (χ4v) is 4.63. The van der Waals surface area contributed by atoms with Gasteiger partial charge in [0.1, 0.15) is 11.1 Å². The first-order chi connectivity index (χ1) is 14.0. The summed E-state index contributed by atoms with van der Waals surface area (Å²) >= 11 is 4.73. The molecular formula is C21H19BrN2O4S. The zero-order valence-corrected chi connectivity index (χ0v) is 18.0. The van der Waals surface area contributed by atoms with E-state index >= 15 is 0 Å². The second-order valence-electron chi connectivity index (χ2n) is 6.67. The van der Waals surface area contributed by atoms with Crippen LogP contribution < -0.4 is 5.32 Å². The Morgan fingerprint density at radius 2 is 1.86 bits per heavy atom. The summed E-state index contributed by atoms with van der Waals surface area (Å²) in [6, 6.07) is 8.94. The van der Waals surface area contributed by atoms with E-state index in [2.05, 4.69) is 27.3 Å². The zero-order chi connectivity index (χ0) is 20.8. The third-order valence-corrected chi connectivity index (χ3v) is 6.36. The van der Waals surface area contributed by atoms with Crippen LogP contribution in [0.1, 0.15) is 52.0 Å². The maximum atomic E-state index is 12.2. The van der Waals surface area contributed by atoms with E-state index in [-0.39, 0.29) is 31.1 Å². The number of esters is 1. The molecule has 0 fully saturated rings. The molecule has 150 valence electrons. The Bertz CT molecular complexity index is 976. The van der Waals surface area contributed by atoms with E-state index in [1.54, 1.807) is 24.3 Å². The lowest BCUT2D eigenvalue weighted by atomic mass is 9.96. The molecule has 1 aliphatic rings. The van der Waals surface area contributed by atoms with Crippen molar-refractivity contribution in [3.8, 4) is 6.07 Å². The maximum Gasteiger partial charge on any atom is 0.306 e. The number of anilines is 1. The number of halogens is 1. The van der Waals surface area contributed by atoms with Crippen LogP contribution in [-0.2, 0) is 27.2 Å². The Morgan fingerprint density at radius 1 is 1.14 bits per heavy atom. The van der Waals surface area contributed by atoms with E-state index in [9.17, 15) is 19.6 Å². The molecule has 6 nitrogen and oxygen atoms in total. The van der Waals surface area contributed by atoms with Crippen molar-refractivity contribution in [2.75, 3.05) is 11.9 Å². The Balaban J connectivity index is 1.46. The molecule has 2 aromatic rings. The van der Waals surface area contributed by atoms with E-state index in [4.69, 9.17) is 4.74 Å². The number of ketones is 1. The number of hydrogen-bond donors (Lipinski definition) is 1. The van der Waals surface area contributed by atoms with Gasteiger partial charge in [0, 0.05) is 21.3 Å². The average Bonchev–Trinajstić information content (AvgIpc) is 3.07. The van der Waals surface area contributed by atoms with Gasteiger partial charge in [-0.1, -0.05) is 28.1 Å². The minimum atomic E-state index is -0.614. The number of carbonyl (C=O) groups is 3. The molecule has 0 saturated heterocycles. The van der Waals surface area contributed by atoms with Gasteiger partial charge in [-0.25, -0.2) is 0 Å². The number of benzene rings is 1. The van der Waals surface area contributed by atoms with E-state index < -0.39 is 5.97 Å². The number of Topliss-reactive ketones (excluding diaryl/α,β-unsaturated/α-hetero) is 1. The van der Waals surface area contributed by atoms with Crippen molar-refractivity contribution < 1.29 is 19.1 Å². The van der Waals surface area contributed by atoms with Gasteiger partial charge in [0.2, 0.25) is 5.91 Å². The fraction of sp³-hybridized carbons (Fsp3) is 0.333. The molecule has 0 bridgehead atoms. The number of ether oxygens (including phenoxy) is 1. The van der Waals surface area contributed by atoms with E-state index in [1.165, 1.54) is 11.3 Å². The molecule has 1 aliphatic carbocycles. The number of nitrogens with zero attached hydrogens (tertiary/aromatic N) is 1. The normalized spacial score (nSPS) is 12.6. The van der Waals surface area contributed by atoms with Gasteiger partial charge in [0.05, 0.1) is 12.0 Å². The monoisotopic (exact) mass is 474 g/mol. The first-order valence-corrected chi connectivity index (χ1v) is 10.9. The lowest BCUT2D eigenvalue weighted by Gasteiger charge is -2.09. The number of fused-ring (bicyclic) bond motifs is 1. The van der Waals surface area contributed by atoms with Crippen molar-refractivity contribution in [3.05, 3.63) is 50.3 Å². The number of amides is 1. The van der Waals surface area contributed by atoms with Crippen LogP contribution in [0.4, 0.5) is 5.00 Å². The van der Waals surface area contributed by atoms with Gasteiger partial charge < -0.3 is 10.1 Å². The summed E-state index contributed by atoms with van der Waals surface area (Å²) in [5.74, 6) is -1.27. The van der Waals surface area contributed by atoms with Gasteiger partial charge in [-0.05, 0) is 43.4 Å². The number of carbonyl (C=O) groups excluding carboxylic acids is 3. The molecule has 3 rings (SSSR count). The Kier molecular flexibility index (Phi) is 7.18. The summed E-state index contributed by atoms with van der Waals surface area (Å²) in [7, 11) is 0. The molecule has 1 amide bonds. The number of hydrogen-bond acceptors (Lipinski definition) is 6. The van der Waals surface area contributed by atoms with Crippen LogP contribution in [0, 0.1) is 11.3 Å². The van der Waals surface area contributed by atoms with Gasteiger partial charge in [-0.2, -0.15) is 5.26 Å². The quantitative estimate of drug-likeness (QED) is 0.473. The third-order valence-electron chi connectivity index (χ3n) is 4.62. The molecule has 1 aromatic carbocycles. The fourth-order valence-electron chi connectivity index (χ4n) is 3.11. The minimum absolute atomic E-state index is 0.0707. The van der Waals surface area contributed by atoms with Gasteiger partial charge >= 0.3 is 5.97 Å². The third kappa shape index (κ3) is 5.52. The van der Waals surface area contributed by atoms with E-state index in [0.29, 0.717) is 16.1 Å². The molecule has 0 atom stereocenters. The van der Waals surface area contributed by atoms with Crippen molar-refractivity contribution in [1.82, 2.24) is 0 Å². The van der Waals surface area contributed by atoms with Gasteiger partial charge in [-0.3, -0.25) is 14.4 Å². The second-order valence-corrected chi connectivity index (χ2v) is 8.69. The summed E-state index contributed by atoms with van der Waals surface area (Å²) in [6.07, 6.45) is 3.74. The zero-order valence-electron chi connectivity index (χ0n) is 15.6. The van der Waals surface area contributed by atoms with E-state index in [1.807, 2.05) is 0 Å². The van der Waals surface area contributed by atoms with Crippen LogP contribution >= 0.6 is 27.3 Å². The maximum absolute atomic E-state index is 12.2. The van der Waals surface area contributed by atoms with Gasteiger partial charge in [-0.15, -0.1) is 11.3 Å². The number of aryl methyl sites for hydroxylation is 1. The van der Waals surface area contributed by atoms with Crippen molar-refractivity contribution in [3.63, 3.8) is 0 Å². The molecule has 0 spiro atoms. The molecular weight excluding hydrogens is 456 g/mol. The minimum Gasteiger partial charge on any atom is -0.457 e. The lowest BCUT2D eigenvalue weighted by Crippen LogP contribution is -2.17. The number of rotatable bonds is 7. The molecule has 0 saturated carbocycles. The topological polar surface area (TPSA) is 96.3 Å². The summed E-state index contributed by atoms with van der Waals surface area (Å²) in [5, 5.41) is 12.7. The SMILES string of the molecule is N#Cc1c(NC(=O)CCC(=O)OCC(=O)c2ccc(Br)cc2)sc2c1CCCC2. The highest BCUT2D eigenvalue weighted by Gasteiger charge is 2.22. The Morgan fingerprint density at radius 3 is 2.59 bits per heavy atom. The highest BCUT2D eigenvalue weighted by atomic mass is 79.9. The van der Waals surface area contributed by atoms with Gasteiger partial charge in [0.25, 0.3) is 0 Å². The average molecular weight is 475 g/mol. The molecule has 0 radical (unpaired) electrons. The van der Waals surface area contributed by atoms with Gasteiger partial charge in [0.15, 0.2) is 12.4 Å². The molecule has 1 aromatic heterocycles. The van der Waals surface area contributed by atoms with Crippen LogP contribution in [0.15, 0.2) is 28.7 Å². The van der Waals surface area contributed by atoms with Crippen molar-refractivity contribution >= 4 is 49.9 Å². The van der Waals surface area contributed by atoms with Crippen LogP contribution in [0.3, 0.4) is 0 Å². The standard InChI is InChI=1S/C21H19BrN2O4S/c22-14-7-5-13(6-8-14)17(25)12-28-20(27)10-9-19(26)24-21-16(11-23)15-3-1-2-4-18(15)29-21/h5-8H,1-4,9-10,12H2,(H,24,26). The molecule has 1 N–H and O–H groups in total. The molecule has 8 heteroatoms. The van der Waals surface area contributed by atoms with Crippen molar-refractivity contribution in [2.24, 2.45) is 0 Å². The highest BCUT2D eigenvalue weighted by molar-refractivity contribution is 9.10. The molecule has 0 unspecified atom stereocenters. The molecule has 1 heterocycles.